The van der Waals surface area contributed by atoms with Crippen LogP contribution in [0.5, 0.6) is 5.75 Å². The fourth-order valence-corrected chi connectivity index (χ4v) is 2.28. The lowest BCUT2D eigenvalue weighted by Crippen LogP contribution is -2.00. The molecule has 5 heteroatoms. The van der Waals surface area contributed by atoms with Crippen molar-refractivity contribution >= 4 is 17.3 Å². The first-order chi connectivity index (χ1) is 8.56. The molecule has 1 aromatic heterocycles. The van der Waals surface area contributed by atoms with Crippen molar-refractivity contribution in [2.45, 2.75) is 13.5 Å². The second-order valence-corrected chi connectivity index (χ2v) is 5.03. The molecule has 0 saturated carbocycles. The molecule has 0 amide bonds. The van der Waals surface area contributed by atoms with Crippen molar-refractivity contribution in [1.82, 2.24) is 0 Å². The molecule has 0 unspecified atom stereocenters. The van der Waals surface area contributed by atoms with Crippen LogP contribution in [0, 0.1) is 12.7 Å². The summed E-state index contributed by atoms with van der Waals surface area (Å²) in [7, 11) is 0. The summed E-state index contributed by atoms with van der Waals surface area (Å²) >= 11 is 1.18. The molecule has 94 valence electrons. The van der Waals surface area contributed by atoms with Gasteiger partial charge >= 0.3 is 5.97 Å². The lowest BCUT2D eigenvalue weighted by Gasteiger charge is -2.05. The minimum absolute atomic E-state index is 0.189. The molecule has 2 aromatic rings. The maximum absolute atomic E-state index is 12.7. The number of ether oxygens (including phenoxy) is 1. The monoisotopic (exact) mass is 266 g/mol. The van der Waals surface area contributed by atoms with Gasteiger partial charge in [-0.2, -0.15) is 0 Å². The third kappa shape index (κ3) is 2.87. The van der Waals surface area contributed by atoms with Crippen molar-refractivity contribution < 1.29 is 19.0 Å². The van der Waals surface area contributed by atoms with Gasteiger partial charge in [-0.1, -0.05) is 12.1 Å². The van der Waals surface area contributed by atoms with Crippen molar-refractivity contribution in [3.8, 4) is 5.75 Å². The molecule has 0 atom stereocenters. The third-order valence-electron chi connectivity index (χ3n) is 2.32. The quantitative estimate of drug-likeness (QED) is 0.921. The summed E-state index contributed by atoms with van der Waals surface area (Å²) < 4.78 is 18.2. The van der Waals surface area contributed by atoms with Gasteiger partial charge in [0, 0.05) is 4.88 Å². The maximum atomic E-state index is 12.7. The van der Waals surface area contributed by atoms with Crippen LogP contribution in [-0.4, -0.2) is 11.1 Å². The first-order valence-electron chi connectivity index (χ1n) is 5.27. The Labute approximate surface area is 107 Å². The Balaban J connectivity index is 2.10. The molecule has 18 heavy (non-hydrogen) atoms. The molecule has 1 N–H and O–H groups in total. The molecular formula is C13H11FO3S. The largest absolute Gasteiger partial charge is 0.487 e. The van der Waals surface area contributed by atoms with Gasteiger partial charge < -0.3 is 9.84 Å². The van der Waals surface area contributed by atoms with Crippen LogP contribution in [0.1, 0.15) is 20.1 Å². The van der Waals surface area contributed by atoms with Crippen LogP contribution in [0.3, 0.4) is 0 Å². The number of carboxylic acid groups (broad SMARTS) is 1. The van der Waals surface area contributed by atoms with E-state index in [9.17, 15) is 9.18 Å². The fraction of sp³-hybridized carbons (Fsp3) is 0.154. The van der Waals surface area contributed by atoms with E-state index in [0.717, 1.165) is 10.4 Å². The summed E-state index contributed by atoms with van der Waals surface area (Å²) in [5, 5.41) is 8.99. The fourth-order valence-electron chi connectivity index (χ4n) is 1.49. The molecule has 3 nitrogen and oxygen atoms in total. The van der Waals surface area contributed by atoms with E-state index in [-0.39, 0.29) is 17.3 Å². The third-order valence-corrected chi connectivity index (χ3v) is 3.34. The molecule has 1 aromatic carbocycles. The first-order valence-corrected chi connectivity index (χ1v) is 6.09. The van der Waals surface area contributed by atoms with Gasteiger partial charge in [-0.3, -0.25) is 0 Å². The standard InChI is InChI=1S/C13H11FO3S/c1-8-6-11(12(18-8)13(15)16)17-7-9-2-4-10(14)5-3-9/h2-6H,7H2,1H3,(H,15,16). The Morgan fingerprint density at radius 1 is 1.39 bits per heavy atom. The average Bonchev–Trinajstić information content (AvgIpc) is 2.70. The van der Waals surface area contributed by atoms with Gasteiger partial charge in [0.05, 0.1) is 0 Å². The molecule has 0 bridgehead atoms. The molecule has 1 heterocycles. The van der Waals surface area contributed by atoms with Crippen LogP contribution < -0.4 is 4.74 Å². The minimum atomic E-state index is -0.998. The summed E-state index contributed by atoms with van der Waals surface area (Å²) in [6.07, 6.45) is 0. The number of halogens is 1. The molecule has 2 rings (SSSR count). The molecule has 0 fully saturated rings. The van der Waals surface area contributed by atoms with Gasteiger partial charge in [0.15, 0.2) is 4.88 Å². The smallest absolute Gasteiger partial charge is 0.349 e. The van der Waals surface area contributed by atoms with Gasteiger partial charge in [0.1, 0.15) is 18.2 Å². The molecule has 0 aliphatic rings. The minimum Gasteiger partial charge on any atom is -0.487 e. The highest BCUT2D eigenvalue weighted by atomic mass is 32.1. The number of carbonyl (C=O) groups is 1. The van der Waals surface area contributed by atoms with Crippen LogP contribution in [-0.2, 0) is 6.61 Å². The van der Waals surface area contributed by atoms with Crippen molar-refractivity contribution in [2.75, 3.05) is 0 Å². The predicted molar refractivity (Wildman–Crippen MR) is 66.7 cm³/mol. The number of carboxylic acids is 1. The summed E-state index contributed by atoms with van der Waals surface area (Å²) in [6, 6.07) is 7.59. The van der Waals surface area contributed by atoms with Crippen LogP contribution in [0.25, 0.3) is 0 Å². The summed E-state index contributed by atoms with van der Waals surface area (Å²) in [5.41, 5.74) is 0.789. The van der Waals surface area contributed by atoms with Gasteiger partial charge in [0.25, 0.3) is 0 Å². The Hall–Kier alpha value is -1.88. The van der Waals surface area contributed by atoms with Crippen LogP contribution in [0.4, 0.5) is 4.39 Å². The van der Waals surface area contributed by atoms with Crippen LogP contribution in [0.2, 0.25) is 0 Å². The van der Waals surface area contributed by atoms with Crippen LogP contribution >= 0.6 is 11.3 Å². The van der Waals surface area contributed by atoms with E-state index >= 15 is 0 Å². The van der Waals surface area contributed by atoms with Crippen molar-refractivity contribution in [3.05, 3.63) is 51.5 Å². The molecular weight excluding hydrogens is 255 g/mol. The number of rotatable bonds is 4. The molecule has 0 radical (unpaired) electrons. The van der Waals surface area contributed by atoms with Gasteiger partial charge in [-0.15, -0.1) is 11.3 Å². The molecule has 0 spiro atoms. The normalized spacial score (nSPS) is 10.3. The SMILES string of the molecule is Cc1cc(OCc2ccc(F)cc2)c(C(=O)O)s1. The topological polar surface area (TPSA) is 46.5 Å². The summed E-state index contributed by atoms with van der Waals surface area (Å²) in [6.45, 7) is 2.04. The zero-order chi connectivity index (χ0) is 13.1. The van der Waals surface area contributed by atoms with Gasteiger partial charge in [-0.25, -0.2) is 9.18 Å². The number of hydrogen-bond donors (Lipinski definition) is 1. The van der Waals surface area contributed by atoms with Crippen molar-refractivity contribution in [1.29, 1.82) is 0 Å². The van der Waals surface area contributed by atoms with Crippen LogP contribution in [0.15, 0.2) is 30.3 Å². The highest BCUT2D eigenvalue weighted by Crippen LogP contribution is 2.29. The lowest BCUT2D eigenvalue weighted by molar-refractivity contribution is 0.0697. The van der Waals surface area contributed by atoms with E-state index in [1.807, 2.05) is 6.92 Å². The predicted octanol–water partition coefficient (Wildman–Crippen LogP) is 3.47. The van der Waals surface area contributed by atoms with Crippen molar-refractivity contribution in [3.63, 3.8) is 0 Å². The number of thiophene rings is 1. The highest BCUT2D eigenvalue weighted by molar-refractivity contribution is 7.14. The zero-order valence-corrected chi connectivity index (χ0v) is 10.5. The van der Waals surface area contributed by atoms with E-state index in [1.165, 1.54) is 23.5 Å². The van der Waals surface area contributed by atoms with E-state index in [1.54, 1.807) is 18.2 Å². The molecule has 0 aliphatic heterocycles. The number of aryl methyl sites for hydroxylation is 1. The van der Waals surface area contributed by atoms with Gasteiger partial charge in [-0.05, 0) is 30.7 Å². The van der Waals surface area contributed by atoms with Gasteiger partial charge in [0.2, 0.25) is 0 Å². The number of hydrogen-bond acceptors (Lipinski definition) is 3. The molecule has 0 saturated heterocycles. The van der Waals surface area contributed by atoms with E-state index in [0.29, 0.717) is 5.75 Å². The lowest BCUT2D eigenvalue weighted by atomic mass is 10.2. The number of benzene rings is 1. The highest BCUT2D eigenvalue weighted by Gasteiger charge is 2.15. The van der Waals surface area contributed by atoms with E-state index < -0.39 is 5.97 Å². The zero-order valence-electron chi connectivity index (χ0n) is 9.64. The summed E-state index contributed by atoms with van der Waals surface area (Å²) in [5.74, 6) is -0.951. The van der Waals surface area contributed by atoms with E-state index in [4.69, 9.17) is 9.84 Å². The second-order valence-electron chi connectivity index (χ2n) is 3.77. The average molecular weight is 266 g/mol. The second kappa shape index (κ2) is 5.18. The Kier molecular flexibility index (Phi) is 3.62. The Morgan fingerprint density at radius 3 is 2.67 bits per heavy atom. The number of aromatic carboxylic acids is 1. The first kappa shape index (κ1) is 12.6. The Morgan fingerprint density at radius 2 is 2.06 bits per heavy atom. The summed E-state index contributed by atoms with van der Waals surface area (Å²) in [4.78, 5) is 12.0. The Bertz CT molecular complexity index is 560. The maximum Gasteiger partial charge on any atom is 0.349 e. The molecule has 0 aliphatic carbocycles. The van der Waals surface area contributed by atoms with E-state index in [2.05, 4.69) is 0 Å². The van der Waals surface area contributed by atoms with Crippen molar-refractivity contribution in [2.24, 2.45) is 0 Å².